The molecular weight excluding hydrogens is 406 g/mol. The topological polar surface area (TPSA) is 95.1 Å². The van der Waals surface area contributed by atoms with E-state index >= 15 is 0 Å². The molecule has 5 rings (SSSR count). The summed E-state index contributed by atoms with van der Waals surface area (Å²) < 4.78 is 12.8. The number of nitrogens with one attached hydrogen (secondary N) is 1. The highest BCUT2D eigenvalue weighted by atomic mass is 16.5. The van der Waals surface area contributed by atoms with E-state index in [2.05, 4.69) is 20.6 Å². The van der Waals surface area contributed by atoms with Crippen LogP contribution in [0.3, 0.4) is 0 Å². The molecule has 8 nitrogen and oxygen atoms in total. The summed E-state index contributed by atoms with van der Waals surface area (Å²) >= 11 is 0. The van der Waals surface area contributed by atoms with Gasteiger partial charge in [-0.05, 0) is 44.9 Å². The second-order valence-electron chi connectivity index (χ2n) is 8.27. The summed E-state index contributed by atoms with van der Waals surface area (Å²) in [4.78, 5) is 18.1. The molecule has 4 aromatic rings. The summed E-state index contributed by atoms with van der Waals surface area (Å²) in [5, 5.41) is 12.4. The third kappa shape index (κ3) is 3.51. The molecule has 3 heterocycles. The molecule has 1 saturated carbocycles. The molecule has 1 aromatic carbocycles. The lowest BCUT2D eigenvalue weighted by Crippen LogP contribution is -2.24. The number of nitrogens with zero attached hydrogens (tertiary/aromatic N) is 4. The van der Waals surface area contributed by atoms with Crippen LogP contribution in [0, 0.1) is 13.8 Å². The second-order valence-corrected chi connectivity index (χ2v) is 8.27. The highest BCUT2D eigenvalue weighted by molar-refractivity contribution is 6.09. The van der Waals surface area contributed by atoms with Crippen molar-refractivity contribution in [1.29, 1.82) is 0 Å². The molecule has 32 heavy (non-hydrogen) atoms. The summed E-state index contributed by atoms with van der Waals surface area (Å²) in [6.07, 6.45) is 2.15. The van der Waals surface area contributed by atoms with Gasteiger partial charge in [-0.2, -0.15) is 5.10 Å². The van der Waals surface area contributed by atoms with Gasteiger partial charge in [-0.3, -0.25) is 9.48 Å². The molecule has 1 fully saturated rings. The van der Waals surface area contributed by atoms with E-state index in [0.29, 0.717) is 40.6 Å². The second kappa shape index (κ2) is 7.78. The fraction of sp³-hybridized carbons (Fsp3) is 0.333. The minimum absolute atomic E-state index is 0.186. The van der Waals surface area contributed by atoms with E-state index in [-0.39, 0.29) is 5.91 Å². The maximum atomic E-state index is 13.4. The minimum Gasteiger partial charge on any atom is -0.497 e. The highest BCUT2D eigenvalue weighted by Crippen LogP contribution is 2.41. The molecule has 3 aromatic heterocycles. The summed E-state index contributed by atoms with van der Waals surface area (Å²) in [7, 11) is 3.52. The van der Waals surface area contributed by atoms with Crippen LogP contribution in [-0.4, -0.2) is 32.9 Å². The van der Waals surface area contributed by atoms with Crippen molar-refractivity contribution in [2.45, 2.75) is 39.2 Å². The van der Waals surface area contributed by atoms with E-state index in [1.807, 2.05) is 55.9 Å². The molecule has 1 aliphatic carbocycles. The largest absolute Gasteiger partial charge is 0.497 e. The first-order chi connectivity index (χ1) is 15.5. The van der Waals surface area contributed by atoms with Crippen LogP contribution in [0.4, 0.5) is 0 Å². The van der Waals surface area contributed by atoms with Gasteiger partial charge in [-0.1, -0.05) is 17.3 Å². The Morgan fingerprint density at radius 1 is 1.28 bits per heavy atom. The van der Waals surface area contributed by atoms with Gasteiger partial charge in [0.15, 0.2) is 0 Å². The molecule has 1 N–H and O–H groups in total. The summed E-state index contributed by atoms with van der Waals surface area (Å²) in [6.45, 7) is 4.34. The SMILES string of the molecule is COc1cccc(-c2noc3nc(C4CC4)cc(C(=O)NCc4c(C)nn(C)c4C)c23)c1. The van der Waals surface area contributed by atoms with Crippen molar-refractivity contribution >= 4 is 17.0 Å². The van der Waals surface area contributed by atoms with E-state index < -0.39 is 0 Å². The van der Waals surface area contributed by atoms with Gasteiger partial charge in [0.1, 0.15) is 11.4 Å². The molecular formula is C24H25N5O3. The molecule has 0 atom stereocenters. The lowest BCUT2D eigenvalue weighted by Gasteiger charge is -2.09. The number of aromatic nitrogens is 4. The molecule has 1 amide bonds. The van der Waals surface area contributed by atoms with E-state index in [4.69, 9.17) is 9.26 Å². The Balaban J connectivity index is 1.56. The fourth-order valence-electron chi connectivity index (χ4n) is 4.04. The maximum Gasteiger partial charge on any atom is 0.259 e. The minimum atomic E-state index is -0.186. The Hall–Kier alpha value is -3.68. The third-order valence-corrected chi connectivity index (χ3v) is 6.13. The zero-order valence-electron chi connectivity index (χ0n) is 18.6. The number of hydrogen-bond acceptors (Lipinski definition) is 6. The van der Waals surface area contributed by atoms with Gasteiger partial charge < -0.3 is 14.6 Å². The molecule has 164 valence electrons. The van der Waals surface area contributed by atoms with Crippen LogP contribution in [0.25, 0.3) is 22.4 Å². The molecule has 0 radical (unpaired) electrons. The van der Waals surface area contributed by atoms with E-state index in [9.17, 15) is 4.79 Å². The van der Waals surface area contributed by atoms with Gasteiger partial charge in [0, 0.05) is 42.0 Å². The van der Waals surface area contributed by atoms with Crippen molar-refractivity contribution in [2.24, 2.45) is 7.05 Å². The van der Waals surface area contributed by atoms with Crippen molar-refractivity contribution in [2.75, 3.05) is 7.11 Å². The Morgan fingerprint density at radius 3 is 2.78 bits per heavy atom. The number of rotatable bonds is 6. The molecule has 0 aliphatic heterocycles. The van der Waals surface area contributed by atoms with Gasteiger partial charge in [0.2, 0.25) is 0 Å². The number of carbonyl (C=O) groups is 1. The number of amides is 1. The fourth-order valence-corrected chi connectivity index (χ4v) is 4.04. The zero-order valence-corrected chi connectivity index (χ0v) is 18.6. The van der Waals surface area contributed by atoms with Gasteiger partial charge in [0.25, 0.3) is 11.6 Å². The quantitative estimate of drug-likeness (QED) is 0.495. The van der Waals surface area contributed by atoms with E-state index in [0.717, 1.165) is 41.1 Å². The van der Waals surface area contributed by atoms with E-state index in [1.54, 1.807) is 7.11 Å². The Labute approximate surface area is 185 Å². The van der Waals surface area contributed by atoms with Gasteiger partial charge in [-0.15, -0.1) is 0 Å². The lowest BCUT2D eigenvalue weighted by atomic mass is 10.0. The smallest absolute Gasteiger partial charge is 0.259 e. The van der Waals surface area contributed by atoms with Gasteiger partial charge in [0.05, 0.1) is 23.8 Å². The van der Waals surface area contributed by atoms with Crippen LogP contribution in [0.1, 0.15) is 51.8 Å². The first kappa shape index (κ1) is 20.2. The van der Waals surface area contributed by atoms with Crippen LogP contribution >= 0.6 is 0 Å². The van der Waals surface area contributed by atoms with Crippen LogP contribution in [-0.2, 0) is 13.6 Å². The predicted molar refractivity (Wildman–Crippen MR) is 120 cm³/mol. The Bertz CT molecular complexity index is 1330. The van der Waals surface area contributed by atoms with Crippen molar-refractivity contribution in [3.8, 4) is 17.0 Å². The molecule has 0 spiro atoms. The predicted octanol–water partition coefficient (Wildman–Crippen LogP) is 4.06. The number of hydrogen-bond donors (Lipinski definition) is 1. The van der Waals surface area contributed by atoms with Crippen molar-refractivity contribution in [3.05, 3.63) is 58.5 Å². The maximum absolute atomic E-state index is 13.4. The number of benzene rings is 1. The molecule has 0 unspecified atom stereocenters. The van der Waals surface area contributed by atoms with Crippen LogP contribution in [0.2, 0.25) is 0 Å². The number of pyridine rings is 1. The van der Waals surface area contributed by atoms with Crippen molar-refractivity contribution in [1.82, 2.24) is 25.2 Å². The average Bonchev–Trinajstić information content (AvgIpc) is 3.51. The van der Waals surface area contributed by atoms with Gasteiger partial charge >= 0.3 is 0 Å². The standard InChI is InChI=1S/C24H25N5O3/c1-13-19(14(2)29(3)27-13)12-25-23(30)18-11-20(15-8-9-15)26-24-21(18)22(28-32-24)16-6-5-7-17(10-16)31-4/h5-7,10-11,15H,8-9,12H2,1-4H3,(H,25,30). The number of ether oxygens (including phenoxy) is 1. The average molecular weight is 431 g/mol. The number of fused-ring (bicyclic) bond motifs is 1. The molecule has 0 saturated heterocycles. The van der Waals surface area contributed by atoms with Crippen LogP contribution < -0.4 is 10.1 Å². The summed E-state index contributed by atoms with van der Waals surface area (Å²) in [5.41, 5.74) is 6.12. The zero-order chi connectivity index (χ0) is 22.4. The summed E-state index contributed by atoms with van der Waals surface area (Å²) in [5.74, 6) is 0.892. The number of carbonyl (C=O) groups excluding carboxylic acids is 1. The normalized spacial score (nSPS) is 13.5. The third-order valence-electron chi connectivity index (χ3n) is 6.13. The highest BCUT2D eigenvalue weighted by Gasteiger charge is 2.29. The van der Waals surface area contributed by atoms with Crippen LogP contribution in [0.5, 0.6) is 5.75 Å². The number of aryl methyl sites for hydroxylation is 2. The van der Waals surface area contributed by atoms with E-state index in [1.165, 1.54) is 0 Å². The summed E-state index contributed by atoms with van der Waals surface area (Å²) in [6, 6.07) is 9.42. The van der Waals surface area contributed by atoms with Crippen molar-refractivity contribution < 1.29 is 14.1 Å². The molecule has 8 heteroatoms. The number of methoxy groups -OCH3 is 1. The molecule has 1 aliphatic rings. The lowest BCUT2D eigenvalue weighted by molar-refractivity contribution is 0.0952. The van der Waals surface area contributed by atoms with Crippen LogP contribution in [0.15, 0.2) is 34.9 Å². The first-order valence-electron chi connectivity index (χ1n) is 10.7. The Kier molecular flexibility index (Phi) is 4.92. The first-order valence-corrected chi connectivity index (χ1v) is 10.7. The van der Waals surface area contributed by atoms with Crippen molar-refractivity contribution in [3.63, 3.8) is 0 Å². The molecule has 0 bridgehead atoms. The monoisotopic (exact) mass is 431 g/mol. The Morgan fingerprint density at radius 2 is 2.09 bits per heavy atom. The van der Waals surface area contributed by atoms with Gasteiger partial charge in [-0.25, -0.2) is 4.98 Å².